The number of anilines is 1. The SMILES string of the molecule is CC(C)(C)OC(=O)N1C2CCC1CN(c1nc3cc(OCC#N)cc(-c4nccs4)c3o1)C2. The van der Waals surface area contributed by atoms with Crippen LogP contribution in [0.2, 0.25) is 0 Å². The van der Waals surface area contributed by atoms with Crippen LogP contribution in [0.3, 0.4) is 0 Å². The molecule has 1 aromatic carbocycles. The van der Waals surface area contributed by atoms with Gasteiger partial charge in [-0.1, -0.05) is 0 Å². The molecule has 2 aromatic heterocycles. The van der Waals surface area contributed by atoms with Crippen LogP contribution in [0.15, 0.2) is 28.1 Å². The molecular weight excluding hydrogens is 442 g/mol. The highest BCUT2D eigenvalue weighted by atomic mass is 32.1. The lowest BCUT2D eigenvalue weighted by atomic mass is 10.2. The van der Waals surface area contributed by atoms with Crippen LogP contribution in [0.1, 0.15) is 33.6 Å². The fourth-order valence-corrected chi connectivity index (χ4v) is 5.17. The Balaban J connectivity index is 1.44. The van der Waals surface area contributed by atoms with E-state index in [4.69, 9.17) is 24.1 Å². The summed E-state index contributed by atoms with van der Waals surface area (Å²) in [5, 5.41) is 11.6. The Kier molecular flexibility index (Phi) is 5.37. The molecule has 2 saturated heterocycles. The van der Waals surface area contributed by atoms with E-state index < -0.39 is 5.60 Å². The smallest absolute Gasteiger partial charge is 0.410 e. The molecule has 33 heavy (non-hydrogen) atoms. The molecule has 5 rings (SSSR count). The minimum Gasteiger partial charge on any atom is -0.479 e. The fraction of sp³-hybridized carbons (Fsp3) is 0.478. The Morgan fingerprint density at radius 1 is 1.30 bits per heavy atom. The number of benzene rings is 1. The first-order chi connectivity index (χ1) is 15.8. The van der Waals surface area contributed by atoms with Gasteiger partial charge in [0.25, 0.3) is 6.01 Å². The molecule has 2 unspecified atom stereocenters. The Morgan fingerprint density at radius 3 is 2.70 bits per heavy atom. The highest BCUT2D eigenvalue weighted by Gasteiger charge is 2.45. The largest absolute Gasteiger partial charge is 0.479 e. The Morgan fingerprint density at radius 2 is 2.06 bits per heavy atom. The van der Waals surface area contributed by atoms with Crippen molar-refractivity contribution in [3.8, 4) is 22.4 Å². The van der Waals surface area contributed by atoms with Crippen LogP contribution in [-0.2, 0) is 4.74 Å². The van der Waals surface area contributed by atoms with Crippen molar-refractivity contribution in [2.45, 2.75) is 51.3 Å². The highest BCUT2D eigenvalue weighted by molar-refractivity contribution is 7.13. The first-order valence-corrected chi connectivity index (χ1v) is 11.8. The second kappa shape index (κ2) is 8.23. The number of aromatic nitrogens is 2. The number of fused-ring (bicyclic) bond motifs is 3. The molecule has 3 aromatic rings. The van der Waals surface area contributed by atoms with Gasteiger partial charge in [-0.3, -0.25) is 4.90 Å². The predicted octanol–water partition coefficient (Wildman–Crippen LogP) is 4.44. The molecule has 10 heteroatoms. The van der Waals surface area contributed by atoms with Crippen molar-refractivity contribution < 1.29 is 18.7 Å². The Bertz CT molecular complexity index is 1200. The maximum absolute atomic E-state index is 12.8. The summed E-state index contributed by atoms with van der Waals surface area (Å²) in [6.07, 6.45) is 3.34. The second-order valence-corrected chi connectivity index (χ2v) is 10.2. The molecule has 4 heterocycles. The quantitative estimate of drug-likeness (QED) is 0.554. The van der Waals surface area contributed by atoms with Crippen molar-refractivity contribution >= 4 is 34.5 Å². The molecule has 2 fully saturated rings. The first-order valence-electron chi connectivity index (χ1n) is 10.9. The Hall–Kier alpha value is -3.32. The molecule has 0 radical (unpaired) electrons. The summed E-state index contributed by atoms with van der Waals surface area (Å²) in [4.78, 5) is 25.9. The monoisotopic (exact) mass is 467 g/mol. The number of hydrogen-bond donors (Lipinski definition) is 0. The number of amides is 1. The van der Waals surface area contributed by atoms with Gasteiger partial charge in [-0.2, -0.15) is 10.2 Å². The maximum atomic E-state index is 12.8. The summed E-state index contributed by atoms with van der Waals surface area (Å²) in [6, 6.07) is 6.23. The van der Waals surface area contributed by atoms with E-state index in [2.05, 4.69) is 9.88 Å². The molecule has 0 spiro atoms. The fourth-order valence-electron chi connectivity index (χ4n) is 4.52. The molecule has 9 nitrogen and oxygen atoms in total. The van der Waals surface area contributed by atoms with Crippen molar-refractivity contribution in [2.75, 3.05) is 24.6 Å². The van der Waals surface area contributed by atoms with Gasteiger partial charge in [0.15, 0.2) is 12.2 Å². The van der Waals surface area contributed by atoms with Gasteiger partial charge in [-0.05, 0) is 39.7 Å². The second-order valence-electron chi connectivity index (χ2n) is 9.28. The third-order valence-corrected chi connectivity index (χ3v) is 6.58. The molecular formula is C23H25N5O4S. The average Bonchev–Trinajstić information content (AvgIpc) is 3.48. The lowest BCUT2D eigenvalue weighted by molar-refractivity contribution is 0.0120. The third kappa shape index (κ3) is 4.20. The number of carbonyl (C=O) groups is 1. The number of nitrogens with zero attached hydrogens (tertiary/aromatic N) is 5. The predicted molar refractivity (Wildman–Crippen MR) is 123 cm³/mol. The number of oxazole rings is 1. The summed E-state index contributed by atoms with van der Waals surface area (Å²) in [6.45, 7) is 6.87. The Labute approximate surface area is 195 Å². The average molecular weight is 468 g/mol. The number of rotatable bonds is 4. The summed E-state index contributed by atoms with van der Waals surface area (Å²) in [7, 11) is 0. The van der Waals surface area contributed by atoms with Crippen molar-refractivity contribution in [2.24, 2.45) is 0 Å². The number of thiazole rings is 1. The van der Waals surface area contributed by atoms with Crippen molar-refractivity contribution in [1.82, 2.24) is 14.9 Å². The minimum absolute atomic E-state index is 0.0521. The third-order valence-electron chi connectivity index (χ3n) is 5.78. The number of hydrogen-bond acceptors (Lipinski definition) is 9. The zero-order valence-corrected chi connectivity index (χ0v) is 19.6. The number of carbonyl (C=O) groups excluding carboxylic acids is 1. The van der Waals surface area contributed by atoms with Crippen LogP contribution in [0.25, 0.3) is 21.7 Å². The topological polar surface area (TPSA) is 105 Å². The van der Waals surface area contributed by atoms with Gasteiger partial charge in [0.05, 0.1) is 17.6 Å². The van der Waals surface area contributed by atoms with Crippen LogP contribution in [0, 0.1) is 11.3 Å². The van der Waals surface area contributed by atoms with E-state index in [0.717, 1.165) is 23.4 Å². The molecule has 2 atom stereocenters. The summed E-state index contributed by atoms with van der Waals surface area (Å²) in [5.74, 6) is 0.545. The van der Waals surface area contributed by atoms with Crippen molar-refractivity contribution in [3.05, 3.63) is 23.7 Å². The van der Waals surface area contributed by atoms with Crippen LogP contribution >= 0.6 is 11.3 Å². The van der Waals surface area contributed by atoms with Gasteiger partial charge in [-0.25, -0.2) is 9.78 Å². The molecule has 0 aliphatic carbocycles. The zero-order chi connectivity index (χ0) is 23.2. The van der Waals surface area contributed by atoms with E-state index in [-0.39, 0.29) is 24.8 Å². The van der Waals surface area contributed by atoms with Gasteiger partial charge in [-0.15, -0.1) is 11.3 Å². The highest BCUT2D eigenvalue weighted by Crippen LogP contribution is 2.39. The lowest BCUT2D eigenvalue weighted by Crippen LogP contribution is -2.56. The standard InChI is InChI=1S/C23H25N5O4S/c1-23(2,3)32-22(29)28-14-4-5-15(28)13-27(12-14)21-26-18-11-16(30-8-6-24)10-17(19(18)31-21)20-25-7-9-33-20/h7,9-11,14-15H,4-5,8,12-13H2,1-3H3. The van der Waals surface area contributed by atoms with Gasteiger partial charge >= 0.3 is 6.09 Å². The first kappa shape index (κ1) is 21.5. The van der Waals surface area contributed by atoms with Crippen LogP contribution in [0.5, 0.6) is 5.75 Å². The summed E-state index contributed by atoms with van der Waals surface area (Å²) in [5.41, 5.74) is 1.54. The van der Waals surface area contributed by atoms with Gasteiger partial charge in [0.2, 0.25) is 0 Å². The van der Waals surface area contributed by atoms with E-state index in [1.807, 2.05) is 43.2 Å². The summed E-state index contributed by atoms with van der Waals surface area (Å²) >= 11 is 1.50. The van der Waals surface area contributed by atoms with E-state index in [1.54, 1.807) is 12.3 Å². The van der Waals surface area contributed by atoms with Crippen LogP contribution in [0.4, 0.5) is 10.8 Å². The maximum Gasteiger partial charge on any atom is 0.410 e. The van der Waals surface area contributed by atoms with Gasteiger partial charge in [0, 0.05) is 30.7 Å². The van der Waals surface area contributed by atoms with E-state index in [9.17, 15) is 4.79 Å². The normalized spacial score (nSPS) is 20.2. The molecule has 172 valence electrons. The van der Waals surface area contributed by atoms with Crippen molar-refractivity contribution in [1.29, 1.82) is 5.26 Å². The van der Waals surface area contributed by atoms with E-state index in [1.165, 1.54) is 11.3 Å². The molecule has 2 aliphatic rings. The number of piperazine rings is 1. The van der Waals surface area contributed by atoms with E-state index in [0.29, 0.717) is 36.0 Å². The zero-order valence-electron chi connectivity index (χ0n) is 18.8. The molecule has 2 aliphatic heterocycles. The lowest BCUT2D eigenvalue weighted by Gasteiger charge is -2.40. The molecule has 0 saturated carbocycles. The minimum atomic E-state index is -0.522. The van der Waals surface area contributed by atoms with Gasteiger partial charge in [0.1, 0.15) is 27.9 Å². The van der Waals surface area contributed by atoms with Crippen molar-refractivity contribution in [3.63, 3.8) is 0 Å². The van der Waals surface area contributed by atoms with E-state index >= 15 is 0 Å². The number of ether oxygens (including phenoxy) is 2. The summed E-state index contributed by atoms with van der Waals surface area (Å²) < 4.78 is 17.4. The number of nitriles is 1. The molecule has 0 N–H and O–H groups in total. The molecule has 1 amide bonds. The van der Waals surface area contributed by atoms with Crippen LogP contribution in [-0.4, -0.2) is 58.3 Å². The molecule has 2 bridgehead atoms. The van der Waals surface area contributed by atoms with Crippen LogP contribution < -0.4 is 9.64 Å². The van der Waals surface area contributed by atoms with Gasteiger partial charge < -0.3 is 18.8 Å².